The number of hydrogen-bond donors (Lipinski definition) is 1. The van der Waals surface area contributed by atoms with Gasteiger partial charge in [-0.1, -0.05) is 18.2 Å². The Hall–Kier alpha value is -2.07. The summed E-state index contributed by atoms with van der Waals surface area (Å²) >= 11 is 0. The molecule has 1 aliphatic rings. The highest BCUT2D eigenvalue weighted by Crippen LogP contribution is 2.33. The number of ether oxygens (including phenoxy) is 2. The molecule has 1 unspecified atom stereocenters. The second kappa shape index (κ2) is 6.14. The number of benzene rings is 2. The molecule has 0 saturated heterocycles. The van der Waals surface area contributed by atoms with E-state index in [1.165, 1.54) is 12.1 Å². The van der Waals surface area contributed by atoms with E-state index in [4.69, 9.17) is 9.47 Å². The van der Waals surface area contributed by atoms with E-state index in [2.05, 4.69) is 5.32 Å². The van der Waals surface area contributed by atoms with Crippen LogP contribution in [-0.2, 0) is 6.42 Å². The van der Waals surface area contributed by atoms with Crippen molar-refractivity contribution in [2.75, 3.05) is 20.3 Å². The van der Waals surface area contributed by atoms with Gasteiger partial charge in [0.15, 0.2) is 11.5 Å². The van der Waals surface area contributed by atoms with Crippen LogP contribution in [0.25, 0.3) is 0 Å². The van der Waals surface area contributed by atoms with Crippen molar-refractivity contribution in [2.24, 2.45) is 0 Å². The lowest BCUT2D eigenvalue weighted by Crippen LogP contribution is -2.20. The van der Waals surface area contributed by atoms with Gasteiger partial charge in [0.2, 0.25) is 0 Å². The molecular weight excluding hydrogens is 269 g/mol. The molecule has 1 N–H and O–H groups in total. The Morgan fingerprint density at radius 3 is 2.48 bits per heavy atom. The third-order valence-electron chi connectivity index (χ3n) is 3.67. The topological polar surface area (TPSA) is 30.5 Å². The van der Waals surface area contributed by atoms with Crippen molar-refractivity contribution in [3.63, 3.8) is 0 Å². The second-order valence-electron chi connectivity index (χ2n) is 5.07. The number of halogens is 1. The van der Waals surface area contributed by atoms with Crippen LogP contribution in [0, 0.1) is 5.82 Å². The Morgan fingerprint density at radius 2 is 1.76 bits per heavy atom. The fourth-order valence-electron chi connectivity index (χ4n) is 2.52. The summed E-state index contributed by atoms with van der Waals surface area (Å²) in [5.41, 5.74) is 2.22. The molecule has 0 fully saturated rings. The zero-order chi connectivity index (χ0) is 14.7. The molecular formula is C17H18FNO2. The van der Waals surface area contributed by atoms with E-state index in [0.29, 0.717) is 13.2 Å². The minimum Gasteiger partial charge on any atom is -0.486 e. The number of fused-ring (bicyclic) bond motifs is 1. The molecule has 110 valence electrons. The lowest BCUT2D eigenvalue weighted by molar-refractivity contribution is 0.171. The average Bonchev–Trinajstić information content (AvgIpc) is 2.54. The molecule has 0 aliphatic carbocycles. The smallest absolute Gasteiger partial charge is 0.161 e. The molecule has 3 rings (SSSR count). The molecule has 0 amide bonds. The first-order chi connectivity index (χ1) is 10.3. The van der Waals surface area contributed by atoms with Gasteiger partial charge in [-0.05, 0) is 48.9 Å². The van der Waals surface area contributed by atoms with Crippen molar-refractivity contribution >= 4 is 0 Å². The monoisotopic (exact) mass is 287 g/mol. The van der Waals surface area contributed by atoms with Crippen LogP contribution in [0.15, 0.2) is 42.5 Å². The van der Waals surface area contributed by atoms with Crippen molar-refractivity contribution in [1.82, 2.24) is 5.32 Å². The van der Waals surface area contributed by atoms with E-state index < -0.39 is 0 Å². The number of likely N-dealkylation sites (N-methyl/N-ethyl adjacent to an activating group) is 1. The Balaban J connectivity index is 1.81. The van der Waals surface area contributed by atoms with Gasteiger partial charge in [-0.2, -0.15) is 0 Å². The van der Waals surface area contributed by atoms with Gasteiger partial charge in [-0.3, -0.25) is 0 Å². The summed E-state index contributed by atoms with van der Waals surface area (Å²) in [7, 11) is 1.92. The molecule has 0 aromatic heterocycles. The predicted octanol–water partition coefficient (Wildman–Crippen LogP) is 3.10. The predicted molar refractivity (Wildman–Crippen MR) is 79.3 cm³/mol. The summed E-state index contributed by atoms with van der Waals surface area (Å²) in [6.45, 7) is 1.18. The minimum atomic E-state index is -0.209. The van der Waals surface area contributed by atoms with Gasteiger partial charge in [0.25, 0.3) is 0 Å². The van der Waals surface area contributed by atoms with Gasteiger partial charge in [0, 0.05) is 6.04 Å². The first-order valence-electron chi connectivity index (χ1n) is 7.07. The van der Waals surface area contributed by atoms with Crippen molar-refractivity contribution in [2.45, 2.75) is 12.5 Å². The van der Waals surface area contributed by atoms with Crippen molar-refractivity contribution in [3.8, 4) is 11.5 Å². The number of nitrogens with one attached hydrogen (secondary N) is 1. The van der Waals surface area contributed by atoms with E-state index in [1.54, 1.807) is 0 Å². The summed E-state index contributed by atoms with van der Waals surface area (Å²) in [4.78, 5) is 0. The molecule has 3 nitrogen and oxygen atoms in total. The second-order valence-corrected chi connectivity index (χ2v) is 5.07. The van der Waals surface area contributed by atoms with E-state index in [9.17, 15) is 4.39 Å². The largest absolute Gasteiger partial charge is 0.486 e. The van der Waals surface area contributed by atoms with E-state index in [0.717, 1.165) is 29.0 Å². The van der Waals surface area contributed by atoms with Gasteiger partial charge < -0.3 is 14.8 Å². The maximum Gasteiger partial charge on any atom is 0.161 e. The molecule has 0 radical (unpaired) electrons. The van der Waals surface area contributed by atoms with Crippen LogP contribution in [0.4, 0.5) is 4.39 Å². The third-order valence-corrected chi connectivity index (χ3v) is 3.67. The first kappa shape index (κ1) is 13.9. The quantitative estimate of drug-likeness (QED) is 0.937. The molecule has 0 saturated carbocycles. The Bertz CT molecular complexity index is 613. The van der Waals surface area contributed by atoms with Crippen LogP contribution in [0.5, 0.6) is 11.5 Å². The van der Waals surface area contributed by atoms with Crippen LogP contribution >= 0.6 is 0 Å². The molecule has 0 bridgehead atoms. The fraction of sp³-hybridized carbons (Fsp3) is 0.294. The van der Waals surface area contributed by atoms with E-state index >= 15 is 0 Å². The van der Waals surface area contributed by atoms with Crippen molar-refractivity contribution in [1.29, 1.82) is 0 Å². The maximum absolute atomic E-state index is 13.0. The van der Waals surface area contributed by atoms with E-state index in [-0.39, 0.29) is 11.9 Å². The number of rotatable bonds is 4. The van der Waals surface area contributed by atoms with Gasteiger partial charge in [-0.15, -0.1) is 0 Å². The molecule has 4 heteroatoms. The summed E-state index contributed by atoms with van der Waals surface area (Å²) in [5.74, 6) is 1.37. The van der Waals surface area contributed by atoms with Crippen LogP contribution < -0.4 is 14.8 Å². The molecule has 21 heavy (non-hydrogen) atoms. The van der Waals surface area contributed by atoms with Gasteiger partial charge in [0.1, 0.15) is 19.0 Å². The van der Waals surface area contributed by atoms with Crippen LogP contribution in [0.2, 0.25) is 0 Å². The van der Waals surface area contributed by atoms with Gasteiger partial charge >= 0.3 is 0 Å². The summed E-state index contributed by atoms with van der Waals surface area (Å²) in [6, 6.07) is 12.8. The molecule has 1 aliphatic heterocycles. The van der Waals surface area contributed by atoms with Crippen LogP contribution in [0.1, 0.15) is 17.2 Å². The highest BCUT2D eigenvalue weighted by molar-refractivity contribution is 5.45. The lowest BCUT2D eigenvalue weighted by Gasteiger charge is -2.22. The summed E-state index contributed by atoms with van der Waals surface area (Å²) in [6.07, 6.45) is 0.788. The van der Waals surface area contributed by atoms with Crippen molar-refractivity contribution in [3.05, 3.63) is 59.4 Å². The highest BCUT2D eigenvalue weighted by Gasteiger charge is 2.16. The molecule has 2 aromatic rings. The van der Waals surface area contributed by atoms with Crippen LogP contribution in [0.3, 0.4) is 0 Å². The standard InChI is InChI=1S/C17H18FNO2/c1-19-15(10-12-2-5-14(18)6-3-12)13-4-7-16-17(11-13)21-9-8-20-16/h2-7,11,15,19H,8-10H2,1H3. The highest BCUT2D eigenvalue weighted by atomic mass is 19.1. The van der Waals surface area contributed by atoms with Crippen molar-refractivity contribution < 1.29 is 13.9 Å². The minimum absolute atomic E-state index is 0.145. The fourth-order valence-corrected chi connectivity index (χ4v) is 2.52. The average molecular weight is 287 g/mol. The van der Waals surface area contributed by atoms with Gasteiger partial charge in [-0.25, -0.2) is 4.39 Å². The van der Waals surface area contributed by atoms with E-state index in [1.807, 2.05) is 37.4 Å². The zero-order valence-corrected chi connectivity index (χ0v) is 11.9. The SMILES string of the molecule is CNC(Cc1ccc(F)cc1)c1ccc2c(c1)OCCO2. The molecule has 2 aromatic carbocycles. The Morgan fingerprint density at radius 1 is 1.05 bits per heavy atom. The Kier molecular flexibility index (Phi) is 4.06. The zero-order valence-electron chi connectivity index (χ0n) is 11.9. The Labute approximate surface area is 123 Å². The van der Waals surface area contributed by atoms with Crippen LogP contribution in [-0.4, -0.2) is 20.3 Å². The molecule has 1 heterocycles. The third kappa shape index (κ3) is 3.16. The van der Waals surface area contributed by atoms with Gasteiger partial charge in [0.05, 0.1) is 0 Å². The maximum atomic E-state index is 13.0. The normalized spacial score (nSPS) is 14.8. The first-order valence-corrected chi connectivity index (χ1v) is 7.07. The summed E-state index contributed by atoms with van der Waals surface area (Å²) in [5, 5.41) is 3.30. The summed E-state index contributed by atoms with van der Waals surface area (Å²) < 4.78 is 24.1. The molecule has 1 atom stereocenters. The number of hydrogen-bond acceptors (Lipinski definition) is 3. The lowest BCUT2D eigenvalue weighted by atomic mass is 9.98. The molecule has 0 spiro atoms.